The fourth-order valence-electron chi connectivity index (χ4n) is 3.89. The first kappa shape index (κ1) is 16.7. The Morgan fingerprint density at radius 3 is 2.73 bits per heavy atom. The van der Waals surface area contributed by atoms with Gasteiger partial charge in [0, 0.05) is 29.7 Å². The second-order valence-electron chi connectivity index (χ2n) is 7.05. The maximum atomic E-state index is 12.8. The number of carbonyl (C=O) groups excluding carboxylic acids is 1. The number of carbonyl (C=O) groups is 1. The van der Waals surface area contributed by atoms with Gasteiger partial charge in [0.05, 0.1) is 6.04 Å². The predicted octanol–water partition coefficient (Wildman–Crippen LogP) is 4.54. The molecule has 26 heavy (non-hydrogen) atoms. The van der Waals surface area contributed by atoms with E-state index in [2.05, 4.69) is 72.7 Å². The third kappa shape index (κ3) is 2.85. The topological polar surface area (TPSA) is 48.1 Å². The third-order valence-corrected chi connectivity index (χ3v) is 5.21. The van der Waals surface area contributed by atoms with Gasteiger partial charge in [0.15, 0.2) is 0 Å². The number of benzene rings is 2. The Kier molecular flexibility index (Phi) is 4.41. The molecule has 0 bridgehead atoms. The summed E-state index contributed by atoms with van der Waals surface area (Å²) in [5, 5.41) is 4.32. The Morgan fingerprint density at radius 2 is 1.96 bits per heavy atom. The summed E-state index contributed by atoms with van der Waals surface area (Å²) in [6.45, 7) is 5.59. The smallest absolute Gasteiger partial charge is 0.318 e. The number of nitrogens with zero attached hydrogens (tertiary/aromatic N) is 1. The summed E-state index contributed by atoms with van der Waals surface area (Å²) in [4.78, 5) is 18.4. The maximum Gasteiger partial charge on any atom is 0.318 e. The number of H-pyrrole nitrogens is 1. The lowest BCUT2D eigenvalue weighted by Crippen LogP contribution is -2.46. The van der Waals surface area contributed by atoms with Gasteiger partial charge in [0.2, 0.25) is 0 Å². The predicted molar refractivity (Wildman–Crippen MR) is 105 cm³/mol. The van der Waals surface area contributed by atoms with E-state index in [1.165, 1.54) is 16.5 Å². The van der Waals surface area contributed by atoms with Crippen LogP contribution >= 0.6 is 0 Å². The van der Waals surface area contributed by atoms with Gasteiger partial charge in [-0.1, -0.05) is 55.0 Å². The molecule has 0 saturated heterocycles. The number of hydrogen-bond donors (Lipinski definition) is 2. The molecule has 1 aliphatic rings. The number of para-hydroxylation sites is 1. The molecule has 1 atom stereocenters. The van der Waals surface area contributed by atoms with Gasteiger partial charge < -0.3 is 15.2 Å². The highest BCUT2D eigenvalue weighted by molar-refractivity contribution is 5.86. The van der Waals surface area contributed by atoms with Crippen molar-refractivity contribution in [3.05, 3.63) is 70.9 Å². The van der Waals surface area contributed by atoms with Crippen LogP contribution in [0.2, 0.25) is 0 Å². The number of urea groups is 1. The first-order valence-corrected chi connectivity index (χ1v) is 9.39. The fourth-order valence-corrected chi connectivity index (χ4v) is 3.89. The Hall–Kier alpha value is -2.75. The maximum absolute atomic E-state index is 12.8. The van der Waals surface area contributed by atoms with Crippen molar-refractivity contribution in [2.75, 3.05) is 13.1 Å². The molecule has 4 nitrogen and oxygen atoms in total. The molecule has 0 unspecified atom stereocenters. The van der Waals surface area contributed by atoms with Crippen molar-refractivity contribution >= 4 is 16.9 Å². The van der Waals surface area contributed by atoms with Crippen LogP contribution in [0.3, 0.4) is 0 Å². The van der Waals surface area contributed by atoms with Crippen LogP contribution in [-0.4, -0.2) is 29.0 Å². The van der Waals surface area contributed by atoms with Crippen molar-refractivity contribution in [1.29, 1.82) is 0 Å². The van der Waals surface area contributed by atoms with E-state index in [0.29, 0.717) is 6.54 Å². The molecule has 4 heteroatoms. The molecule has 3 aromatic rings. The summed E-state index contributed by atoms with van der Waals surface area (Å²) in [7, 11) is 0. The molecule has 2 amide bonds. The van der Waals surface area contributed by atoms with Crippen LogP contribution in [0.25, 0.3) is 10.9 Å². The second-order valence-corrected chi connectivity index (χ2v) is 7.05. The van der Waals surface area contributed by atoms with E-state index in [1.807, 2.05) is 4.90 Å². The Bertz CT molecular complexity index is 926. The number of aromatic nitrogens is 1. The molecule has 2 heterocycles. The highest BCUT2D eigenvalue weighted by Crippen LogP contribution is 2.38. The monoisotopic (exact) mass is 347 g/mol. The quantitative estimate of drug-likeness (QED) is 0.718. The van der Waals surface area contributed by atoms with Gasteiger partial charge in [0.1, 0.15) is 0 Å². The minimum Gasteiger partial charge on any atom is -0.356 e. The lowest BCUT2D eigenvalue weighted by atomic mass is 9.92. The highest BCUT2D eigenvalue weighted by atomic mass is 16.2. The van der Waals surface area contributed by atoms with Crippen LogP contribution in [-0.2, 0) is 6.42 Å². The normalized spacial score (nSPS) is 16.5. The average Bonchev–Trinajstić information content (AvgIpc) is 3.05. The standard InChI is InChI=1S/C22H25N3O/c1-3-13-23-22(26)25-14-12-18-17-6-4-5-7-19(17)24-20(18)21(25)16-10-8-15(2)9-11-16/h4-11,21,24H,3,12-14H2,1-2H3,(H,23,26)/t21-/m0/s1. The van der Waals surface area contributed by atoms with Crippen LogP contribution in [0.1, 0.15) is 41.8 Å². The SMILES string of the molecule is CCCNC(=O)N1CCc2c([nH]c3ccccc23)[C@@H]1c1ccc(C)cc1. The first-order chi connectivity index (χ1) is 12.7. The molecule has 0 saturated carbocycles. The van der Waals surface area contributed by atoms with Gasteiger partial charge in [-0.25, -0.2) is 4.79 Å². The molecule has 1 aromatic heterocycles. The Morgan fingerprint density at radius 1 is 1.19 bits per heavy atom. The zero-order valence-electron chi connectivity index (χ0n) is 15.4. The van der Waals surface area contributed by atoms with Crippen LogP contribution < -0.4 is 5.32 Å². The number of aromatic amines is 1. The van der Waals surface area contributed by atoms with Crippen LogP contribution in [0, 0.1) is 6.92 Å². The number of fused-ring (bicyclic) bond motifs is 3. The van der Waals surface area contributed by atoms with E-state index in [9.17, 15) is 4.79 Å². The second kappa shape index (κ2) is 6.87. The fraction of sp³-hybridized carbons (Fsp3) is 0.318. The molecule has 0 radical (unpaired) electrons. The summed E-state index contributed by atoms with van der Waals surface area (Å²) in [5.41, 5.74) is 6.00. The zero-order valence-corrected chi connectivity index (χ0v) is 15.4. The van der Waals surface area contributed by atoms with E-state index >= 15 is 0 Å². The van der Waals surface area contributed by atoms with E-state index in [1.54, 1.807) is 0 Å². The summed E-state index contributed by atoms with van der Waals surface area (Å²) < 4.78 is 0. The number of nitrogens with one attached hydrogen (secondary N) is 2. The van der Waals surface area contributed by atoms with E-state index in [0.717, 1.165) is 36.2 Å². The zero-order chi connectivity index (χ0) is 18.1. The summed E-state index contributed by atoms with van der Waals surface area (Å²) in [6.07, 6.45) is 1.81. The Labute approximate surface area is 154 Å². The summed E-state index contributed by atoms with van der Waals surface area (Å²) >= 11 is 0. The van der Waals surface area contributed by atoms with Crippen molar-refractivity contribution in [2.45, 2.75) is 32.7 Å². The largest absolute Gasteiger partial charge is 0.356 e. The number of hydrogen-bond acceptors (Lipinski definition) is 1. The molecular formula is C22H25N3O. The highest BCUT2D eigenvalue weighted by Gasteiger charge is 2.34. The van der Waals surface area contributed by atoms with Gasteiger partial charge in [-0.2, -0.15) is 0 Å². The van der Waals surface area contributed by atoms with E-state index < -0.39 is 0 Å². The van der Waals surface area contributed by atoms with Crippen molar-refractivity contribution in [2.24, 2.45) is 0 Å². The first-order valence-electron chi connectivity index (χ1n) is 9.39. The van der Waals surface area contributed by atoms with Crippen molar-refractivity contribution < 1.29 is 4.79 Å². The molecule has 0 spiro atoms. The molecule has 2 N–H and O–H groups in total. The van der Waals surface area contributed by atoms with Gasteiger partial charge >= 0.3 is 6.03 Å². The van der Waals surface area contributed by atoms with Crippen LogP contribution in [0.5, 0.6) is 0 Å². The Balaban J connectivity index is 1.82. The summed E-state index contributed by atoms with van der Waals surface area (Å²) in [6, 6.07) is 16.9. The molecule has 0 fully saturated rings. The van der Waals surface area contributed by atoms with Crippen molar-refractivity contribution in [3.8, 4) is 0 Å². The molecule has 134 valence electrons. The lowest BCUT2D eigenvalue weighted by molar-refractivity contribution is 0.179. The van der Waals surface area contributed by atoms with Crippen LogP contribution in [0.15, 0.2) is 48.5 Å². The third-order valence-electron chi connectivity index (χ3n) is 5.21. The molecular weight excluding hydrogens is 322 g/mol. The minimum absolute atomic E-state index is 0.0155. The lowest BCUT2D eigenvalue weighted by Gasteiger charge is -2.36. The molecule has 4 rings (SSSR count). The number of aryl methyl sites for hydroxylation is 1. The van der Waals surface area contributed by atoms with Crippen LogP contribution in [0.4, 0.5) is 4.79 Å². The van der Waals surface area contributed by atoms with Gasteiger partial charge in [-0.3, -0.25) is 0 Å². The summed E-state index contributed by atoms with van der Waals surface area (Å²) in [5.74, 6) is 0. The minimum atomic E-state index is -0.0800. The van der Waals surface area contributed by atoms with Gasteiger partial charge in [-0.05, 0) is 37.0 Å². The molecule has 0 aliphatic carbocycles. The van der Waals surface area contributed by atoms with E-state index in [4.69, 9.17) is 0 Å². The molecule has 2 aromatic carbocycles. The molecule has 1 aliphatic heterocycles. The van der Waals surface area contributed by atoms with E-state index in [-0.39, 0.29) is 12.1 Å². The number of rotatable bonds is 3. The van der Waals surface area contributed by atoms with Crippen molar-refractivity contribution in [3.63, 3.8) is 0 Å². The average molecular weight is 347 g/mol. The number of amides is 2. The van der Waals surface area contributed by atoms with Crippen molar-refractivity contribution in [1.82, 2.24) is 15.2 Å². The van der Waals surface area contributed by atoms with Gasteiger partial charge in [0.25, 0.3) is 0 Å². The van der Waals surface area contributed by atoms with Gasteiger partial charge in [-0.15, -0.1) is 0 Å².